The van der Waals surface area contributed by atoms with Crippen LogP contribution in [-0.2, 0) is 16.0 Å². The zero-order valence-electron chi connectivity index (χ0n) is 12.8. The number of halogens is 1. The first kappa shape index (κ1) is 16.7. The number of ketones is 1. The van der Waals surface area contributed by atoms with Gasteiger partial charge in [0, 0.05) is 0 Å². The Balaban J connectivity index is 1.91. The second-order valence-corrected chi connectivity index (χ2v) is 5.14. The number of rotatable bonds is 7. The number of Topliss-reactive ketones (excluding diaryl/α,β-unsaturated/α-hetero) is 1. The average molecular weight is 315 g/mol. The summed E-state index contributed by atoms with van der Waals surface area (Å²) in [5.41, 5.74) is 0.947. The first-order valence-corrected chi connectivity index (χ1v) is 7.27. The van der Waals surface area contributed by atoms with Crippen molar-refractivity contribution < 1.29 is 18.7 Å². The van der Waals surface area contributed by atoms with E-state index in [2.05, 4.69) is 5.32 Å². The number of nitrogens with one attached hydrogen (secondary N) is 1. The number of carbonyl (C=O) groups excluding carboxylic acids is 2. The van der Waals surface area contributed by atoms with Crippen molar-refractivity contribution in [2.45, 2.75) is 19.4 Å². The highest BCUT2D eigenvalue weighted by Gasteiger charge is 2.18. The molecule has 0 radical (unpaired) electrons. The van der Waals surface area contributed by atoms with Crippen molar-refractivity contribution in [2.75, 3.05) is 6.61 Å². The summed E-state index contributed by atoms with van der Waals surface area (Å²) in [6.07, 6.45) is 0.404. The fraction of sp³-hybridized carbons (Fsp3) is 0.222. The number of benzene rings is 2. The fourth-order valence-corrected chi connectivity index (χ4v) is 2.09. The summed E-state index contributed by atoms with van der Waals surface area (Å²) in [6, 6.07) is 14.6. The number of hydrogen-bond acceptors (Lipinski definition) is 3. The third kappa shape index (κ3) is 5.21. The van der Waals surface area contributed by atoms with Crippen molar-refractivity contribution >= 4 is 11.7 Å². The largest absolute Gasteiger partial charge is 0.481 e. The van der Waals surface area contributed by atoms with Crippen molar-refractivity contribution in [3.05, 3.63) is 66.0 Å². The highest BCUT2D eigenvalue weighted by Crippen LogP contribution is 2.15. The van der Waals surface area contributed by atoms with E-state index in [-0.39, 0.29) is 18.1 Å². The van der Waals surface area contributed by atoms with Gasteiger partial charge in [-0.3, -0.25) is 9.59 Å². The van der Waals surface area contributed by atoms with Crippen molar-refractivity contribution in [1.29, 1.82) is 0 Å². The van der Waals surface area contributed by atoms with Gasteiger partial charge in [0.05, 0.1) is 6.04 Å². The summed E-state index contributed by atoms with van der Waals surface area (Å²) in [5.74, 6) is -1.14. The van der Waals surface area contributed by atoms with E-state index in [9.17, 15) is 14.0 Å². The lowest BCUT2D eigenvalue weighted by molar-refractivity contribution is -0.128. The van der Waals surface area contributed by atoms with Crippen LogP contribution in [0.2, 0.25) is 0 Å². The number of hydrogen-bond donors (Lipinski definition) is 1. The van der Waals surface area contributed by atoms with Crippen LogP contribution in [0.1, 0.15) is 12.5 Å². The summed E-state index contributed by atoms with van der Waals surface area (Å²) >= 11 is 0. The van der Waals surface area contributed by atoms with Crippen molar-refractivity contribution in [3.63, 3.8) is 0 Å². The molecular formula is C18H18FNO3. The Morgan fingerprint density at radius 1 is 1.09 bits per heavy atom. The molecule has 0 aliphatic heterocycles. The zero-order valence-corrected chi connectivity index (χ0v) is 12.8. The molecule has 0 spiro atoms. The number of amides is 1. The van der Waals surface area contributed by atoms with Crippen LogP contribution in [0, 0.1) is 5.82 Å². The predicted molar refractivity (Wildman–Crippen MR) is 84.7 cm³/mol. The van der Waals surface area contributed by atoms with Crippen LogP contribution in [0.25, 0.3) is 0 Å². The van der Waals surface area contributed by atoms with Gasteiger partial charge in [-0.1, -0.05) is 42.5 Å². The zero-order chi connectivity index (χ0) is 16.7. The topological polar surface area (TPSA) is 55.4 Å². The maximum atomic E-state index is 13.4. The van der Waals surface area contributed by atoms with Gasteiger partial charge in [-0.05, 0) is 31.0 Å². The molecule has 0 bridgehead atoms. The molecule has 0 heterocycles. The molecule has 1 atom stereocenters. The Kier molecular flexibility index (Phi) is 5.86. The summed E-state index contributed by atoms with van der Waals surface area (Å²) < 4.78 is 18.5. The minimum Gasteiger partial charge on any atom is -0.481 e. The summed E-state index contributed by atoms with van der Waals surface area (Å²) in [6.45, 7) is 1.07. The van der Waals surface area contributed by atoms with Gasteiger partial charge >= 0.3 is 0 Å². The molecule has 120 valence electrons. The van der Waals surface area contributed by atoms with E-state index in [0.29, 0.717) is 6.42 Å². The van der Waals surface area contributed by atoms with E-state index in [1.807, 2.05) is 30.3 Å². The average Bonchev–Trinajstić information content (AvgIpc) is 2.54. The van der Waals surface area contributed by atoms with Gasteiger partial charge in [-0.15, -0.1) is 0 Å². The van der Waals surface area contributed by atoms with E-state index in [4.69, 9.17) is 4.74 Å². The Labute approximate surface area is 134 Å². The molecule has 2 rings (SSSR count). The molecule has 2 aromatic carbocycles. The minimum absolute atomic E-state index is 0.00471. The Morgan fingerprint density at radius 3 is 2.39 bits per heavy atom. The Hall–Kier alpha value is -2.69. The molecule has 1 amide bonds. The van der Waals surface area contributed by atoms with E-state index in [1.54, 1.807) is 6.07 Å². The number of carbonyl (C=O) groups is 2. The Morgan fingerprint density at radius 2 is 1.74 bits per heavy atom. The molecule has 0 saturated carbocycles. The second kappa shape index (κ2) is 8.08. The third-order valence-corrected chi connectivity index (χ3v) is 3.30. The van der Waals surface area contributed by atoms with Crippen LogP contribution in [0.4, 0.5) is 4.39 Å². The molecular weight excluding hydrogens is 297 g/mol. The first-order chi connectivity index (χ1) is 11.1. The van der Waals surface area contributed by atoms with Gasteiger partial charge in [0.1, 0.15) is 0 Å². The molecule has 0 aliphatic rings. The van der Waals surface area contributed by atoms with Crippen LogP contribution in [0.15, 0.2) is 54.6 Å². The van der Waals surface area contributed by atoms with Gasteiger partial charge in [0.25, 0.3) is 5.91 Å². The normalized spacial score (nSPS) is 11.6. The van der Waals surface area contributed by atoms with Gasteiger partial charge in [0.2, 0.25) is 0 Å². The smallest absolute Gasteiger partial charge is 0.258 e. The lowest BCUT2D eigenvalue weighted by Crippen LogP contribution is -2.43. The molecule has 0 fully saturated rings. The molecule has 23 heavy (non-hydrogen) atoms. The van der Waals surface area contributed by atoms with Gasteiger partial charge in [-0.2, -0.15) is 0 Å². The van der Waals surface area contributed by atoms with Gasteiger partial charge in [0.15, 0.2) is 24.0 Å². The summed E-state index contributed by atoms with van der Waals surface area (Å²) in [5, 5.41) is 2.62. The lowest BCUT2D eigenvalue weighted by Gasteiger charge is -2.16. The quantitative estimate of drug-likeness (QED) is 0.854. The molecule has 0 aromatic heterocycles. The maximum Gasteiger partial charge on any atom is 0.258 e. The molecule has 2 aromatic rings. The van der Waals surface area contributed by atoms with Crippen LogP contribution in [-0.4, -0.2) is 24.3 Å². The molecule has 4 nitrogen and oxygen atoms in total. The number of para-hydroxylation sites is 1. The van der Waals surface area contributed by atoms with Gasteiger partial charge in [-0.25, -0.2) is 4.39 Å². The van der Waals surface area contributed by atoms with Crippen LogP contribution in [0.3, 0.4) is 0 Å². The molecule has 0 unspecified atom stereocenters. The van der Waals surface area contributed by atoms with Crippen molar-refractivity contribution in [2.24, 2.45) is 0 Å². The maximum absolute atomic E-state index is 13.4. The van der Waals surface area contributed by atoms with E-state index in [0.717, 1.165) is 5.56 Å². The van der Waals surface area contributed by atoms with Gasteiger partial charge < -0.3 is 10.1 Å². The molecule has 0 aliphatic carbocycles. The Bertz CT molecular complexity index is 673. The minimum atomic E-state index is -0.630. The molecule has 5 heteroatoms. The summed E-state index contributed by atoms with van der Waals surface area (Å²) in [7, 11) is 0. The lowest BCUT2D eigenvalue weighted by atomic mass is 10.0. The van der Waals surface area contributed by atoms with E-state index < -0.39 is 17.8 Å². The first-order valence-electron chi connectivity index (χ1n) is 7.27. The highest BCUT2D eigenvalue weighted by atomic mass is 19.1. The molecule has 0 saturated heterocycles. The predicted octanol–water partition coefficient (Wildman–Crippen LogP) is 2.52. The fourth-order valence-electron chi connectivity index (χ4n) is 2.09. The van der Waals surface area contributed by atoms with Crippen molar-refractivity contribution in [3.8, 4) is 5.75 Å². The van der Waals surface area contributed by atoms with Crippen molar-refractivity contribution in [1.82, 2.24) is 5.32 Å². The standard InChI is InChI=1S/C18H18FNO3/c1-13(21)16(11-14-7-3-2-4-8-14)20-18(22)12-23-17-10-6-5-9-15(17)19/h2-10,16H,11-12H2,1H3,(H,20,22)/t16-/m1/s1. The summed E-state index contributed by atoms with van der Waals surface area (Å²) in [4.78, 5) is 23.6. The second-order valence-electron chi connectivity index (χ2n) is 5.14. The van der Waals surface area contributed by atoms with Crippen LogP contribution in [0.5, 0.6) is 5.75 Å². The van der Waals surface area contributed by atoms with Crippen LogP contribution >= 0.6 is 0 Å². The SMILES string of the molecule is CC(=O)[C@@H](Cc1ccccc1)NC(=O)COc1ccccc1F. The van der Waals surface area contributed by atoms with Crippen LogP contribution < -0.4 is 10.1 Å². The molecule has 1 N–H and O–H groups in total. The monoisotopic (exact) mass is 315 g/mol. The van der Waals surface area contributed by atoms with E-state index >= 15 is 0 Å². The number of ether oxygens (including phenoxy) is 1. The third-order valence-electron chi connectivity index (χ3n) is 3.30. The van der Waals surface area contributed by atoms with E-state index in [1.165, 1.54) is 25.1 Å². The highest BCUT2D eigenvalue weighted by molar-refractivity contribution is 5.88.